The molecule has 0 saturated carbocycles. The van der Waals surface area contributed by atoms with E-state index in [0.717, 1.165) is 5.69 Å². The zero-order valence-corrected chi connectivity index (χ0v) is 6.39. The van der Waals surface area contributed by atoms with E-state index in [1.807, 2.05) is 13.2 Å². The Balaban J connectivity index is 2.67. The van der Waals surface area contributed by atoms with Gasteiger partial charge in [-0.05, 0) is 23.6 Å². The molecule has 2 heteroatoms. The van der Waals surface area contributed by atoms with E-state index in [0.29, 0.717) is 0 Å². The molecule has 1 aromatic carbocycles. The molecule has 0 radical (unpaired) electrons. The molecule has 0 atom stereocenters. The summed E-state index contributed by atoms with van der Waals surface area (Å²) in [5.74, 6) is 0. The second kappa shape index (κ2) is 2.31. The molecule has 0 amide bonds. The molecule has 0 aliphatic rings. The maximum absolute atomic E-state index is 3.15. The van der Waals surface area contributed by atoms with Crippen LogP contribution in [0, 0.1) is 0 Å². The zero-order valence-electron chi connectivity index (χ0n) is 6.39. The summed E-state index contributed by atoms with van der Waals surface area (Å²) in [6.45, 7) is 0. The van der Waals surface area contributed by atoms with Crippen LogP contribution in [0.5, 0.6) is 0 Å². The number of aromatic nitrogens is 1. The van der Waals surface area contributed by atoms with Crippen molar-refractivity contribution in [2.75, 3.05) is 12.4 Å². The molecule has 0 spiro atoms. The SMILES string of the molecule is CNc1ccc2cc[nH]c2c1. The van der Waals surface area contributed by atoms with E-state index >= 15 is 0 Å². The molecule has 0 bridgehead atoms. The Bertz CT molecular complexity index is 362. The van der Waals surface area contributed by atoms with Crippen LogP contribution in [0.4, 0.5) is 5.69 Å². The van der Waals surface area contributed by atoms with Crippen molar-refractivity contribution in [2.45, 2.75) is 0 Å². The lowest BCUT2D eigenvalue weighted by Gasteiger charge is -1.97. The lowest BCUT2D eigenvalue weighted by molar-refractivity contribution is 1.46. The summed E-state index contributed by atoms with van der Waals surface area (Å²) in [5, 5.41) is 4.34. The van der Waals surface area contributed by atoms with Crippen LogP contribution in [-0.4, -0.2) is 12.0 Å². The first kappa shape index (κ1) is 6.28. The summed E-state index contributed by atoms with van der Waals surface area (Å²) in [6.07, 6.45) is 1.95. The zero-order chi connectivity index (χ0) is 7.68. The molecule has 2 nitrogen and oxygen atoms in total. The molecule has 2 aromatic rings. The van der Waals surface area contributed by atoms with Crippen molar-refractivity contribution in [3.63, 3.8) is 0 Å². The van der Waals surface area contributed by atoms with Crippen LogP contribution in [-0.2, 0) is 0 Å². The molecule has 0 unspecified atom stereocenters. The highest BCUT2D eigenvalue weighted by Gasteiger charge is 1.93. The number of hydrogen-bond donors (Lipinski definition) is 2. The molecule has 1 heterocycles. The van der Waals surface area contributed by atoms with E-state index in [1.165, 1.54) is 10.9 Å². The molecular weight excluding hydrogens is 136 g/mol. The summed E-state index contributed by atoms with van der Waals surface area (Å²) < 4.78 is 0. The van der Waals surface area contributed by atoms with Gasteiger partial charge in [-0.3, -0.25) is 0 Å². The molecule has 0 aliphatic heterocycles. The molecular formula is C9H10N2. The fraction of sp³-hybridized carbons (Fsp3) is 0.111. The Morgan fingerprint density at radius 2 is 2.18 bits per heavy atom. The lowest BCUT2D eigenvalue weighted by atomic mass is 10.2. The summed E-state index contributed by atoms with van der Waals surface area (Å²) in [6, 6.07) is 8.32. The monoisotopic (exact) mass is 146 g/mol. The Hall–Kier alpha value is -1.44. The number of fused-ring (bicyclic) bond motifs is 1. The van der Waals surface area contributed by atoms with Crippen LogP contribution in [0.1, 0.15) is 0 Å². The second-order valence-electron chi connectivity index (χ2n) is 2.53. The van der Waals surface area contributed by atoms with Crippen molar-refractivity contribution >= 4 is 16.6 Å². The van der Waals surface area contributed by atoms with Gasteiger partial charge in [-0.2, -0.15) is 0 Å². The number of anilines is 1. The van der Waals surface area contributed by atoms with Crippen LogP contribution in [0.3, 0.4) is 0 Å². The average Bonchev–Trinajstić information content (AvgIpc) is 2.50. The van der Waals surface area contributed by atoms with E-state index in [2.05, 4.69) is 34.6 Å². The average molecular weight is 146 g/mol. The normalized spacial score (nSPS) is 10.3. The van der Waals surface area contributed by atoms with Crippen LogP contribution in [0.25, 0.3) is 10.9 Å². The largest absolute Gasteiger partial charge is 0.388 e. The van der Waals surface area contributed by atoms with Crippen molar-refractivity contribution in [1.82, 2.24) is 4.98 Å². The van der Waals surface area contributed by atoms with Crippen molar-refractivity contribution in [3.8, 4) is 0 Å². The number of hydrogen-bond acceptors (Lipinski definition) is 1. The lowest BCUT2D eigenvalue weighted by Crippen LogP contribution is -1.85. The van der Waals surface area contributed by atoms with Gasteiger partial charge in [-0.1, -0.05) is 6.07 Å². The second-order valence-corrected chi connectivity index (χ2v) is 2.53. The highest BCUT2D eigenvalue weighted by Crippen LogP contribution is 2.16. The third-order valence-electron chi connectivity index (χ3n) is 1.84. The minimum absolute atomic E-state index is 1.14. The predicted molar refractivity (Wildman–Crippen MR) is 47.8 cm³/mol. The van der Waals surface area contributed by atoms with Crippen LogP contribution in [0.15, 0.2) is 30.5 Å². The van der Waals surface area contributed by atoms with Gasteiger partial charge in [-0.25, -0.2) is 0 Å². The maximum Gasteiger partial charge on any atom is 0.0474 e. The molecule has 0 aliphatic carbocycles. The van der Waals surface area contributed by atoms with Crippen LogP contribution >= 0.6 is 0 Å². The number of nitrogens with one attached hydrogen (secondary N) is 2. The quantitative estimate of drug-likeness (QED) is 0.634. The Morgan fingerprint density at radius 1 is 1.27 bits per heavy atom. The van der Waals surface area contributed by atoms with Crippen molar-refractivity contribution in [2.24, 2.45) is 0 Å². The van der Waals surface area contributed by atoms with Gasteiger partial charge in [-0.15, -0.1) is 0 Å². The molecule has 2 N–H and O–H groups in total. The van der Waals surface area contributed by atoms with Gasteiger partial charge < -0.3 is 10.3 Å². The number of aromatic amines is 1. The van der Waals surface area contributed by atoms with Crippen molar-refractivity contribution < 1.29 is 0 Å². The summed E-state index contributed by atoms with van der Waals surface area (Å²) in [5.41, 5.74) is 2.32. The molecule has 0 fully saturated rings. The third kappa shape index (κ3) is 0.963. The highest BCUT2D eigenvalue weighted by molar-refractivity contribution is 5.82. The van der Waals surface area contributed by atoms with Gasteiger partial charge in [0, 0.05) is 24.4 Å². The smallest absolute Gasteiger partial charge is 0.0474 e. The Kier molecular flexibility index (Phi) is 1.32. The molecule has 1 aromatic heterocycles. The van der Waals surface area contributed by atoms with Gasteiger partial charge in [0.15, 0.2) is 0 Å². The summed E-state index contributed by atoms with van der Waals surface area (Å²) in [4.78, 5) is 3.15. The fourth-order valence-electron chi connectivity index (χ4n) is 1.20. The van der Waals surface area contributed by atoms with Crippen LogP contribution in [0.2, 0.25) is 0 Å². The summed E-state index contributed by atoms with van der Waals surface area (Å²) >= 11 is 0. The van der Waals surface area contributed by atoms with Crippen molar-refractivity contribution in [1.29, 1.82) is 0 Å². The minimum Gasteiger partial charge on any atom is -0.388 e. The molecule has 56 valence electrons. The Morgan fingerprint density at radius 3 is 3.00 bits per heavy atom. The van der Waals surface area contributed by atoms with Gasteiger partial charge >= 0.3 is 0 Å². The molecule has 0 saturated heterocycles. The molecule has 11 heavy (non-hydrogen) atoms. The number of benzene rings is 1. The first-order valence-electron chi connectivity index (χ1n) is 3.65. The van der Waals surface area contributed by atoms with Crippen LogP contribution < -0.4 is 5.32 Å². The maximum atomic E-state index is 3.15. The van der Waals surface area contributed by atoms with Crippen molar-refractivity contribution in [3.05, 3.63) is 30.5 Å². The standard InChI is InChI=1S/C9H10N2/c1-10-8-3-2-7-4-5-11-9(7)6-8/h2-6,10-11H,1H3. The fourth-order valence-corrected chi connectivity index (χ4v) is 1.20. The number of H-pyrrole nitrogens is 1. The summed E-state index contributed by atoms with van der Waals surface area (Å²) in [7, 11) is 1.92. The van der Waals surface area contributed by atoms with Gasteiger partial charge in [0.25, 0.3) is 0 Å². The van der Waals surface area contributed by atoms with E-state index in [4.69, 9.17) is 0 Å². The third-order valence-corrected chi connectivity index (χ3v) is 1.84. The number of rotatable bonds is 1. The minimum atomic E-state index is 1.14. The molecule has 2 rings (SSSR count). The first-order valence-corrected chi connectivity index (χ1v) is 3.65. The predicted octanol–water partition coefficient (Wildman–Crippen LogP) is 2.21. The van der Waals surface area contributed by atoms with E-state index in [9.17, 15) is 0 Å². The van der Waals surface area contributed by atoms with Gasteiger partial charge in [0.2, 0.25) is 0 Å². The topological polar surface area (TPSA) is 27.8 Å². The van der Waals surface area contributed by atoms with Gasteiger partial charge in [0.05, 0.1) is 0 Å². The first-order chi connectivity index (χ1) is 5.40. The van der Waals surface area contributed by atoms with Gasteiger partial charge in [0.1, 0.15) is 0 Å². The van der Waals surface area contributed by atoms with E-state index in [-0.39, 0.29) is 0 Å². The van der Waals surface area contributed by atoms with E-state index in [1.54, 1.807) is 0 Å². The Labute approximate surface area is 65.2 Å². The highest BCUT2D eigenvalue weighted by atomic mass is 14.8. The van der Waals surface area contributed by atoms with E-state index < -0.39 is 0 Å².